The summed E-state index contributed by atoms with van der Waals surface area (Å²) in [6.45, 7) is 5.81. The topological polar surface area (TPSA) is 58.6 Å². The first-order valence-electron chi connectivity index (χ1n) is 10.5. The number of halogens is 3. The lowest BCUT2D eigenvalue weighted by molar-refractivity contribution is -0.121. The molecule has 1 N–H and O–H groups in total. The Kier molecular flexibility index (Phi) is 7.50. The zero-order chi connectivity index (χ0) is 24.4. The molecule has 0 unspecified atom stereocenters. The second kappa shape index (κ2) is 10.4. The molecule has 4 rings (SSSR count). The Morgan fingerprint density at radius 3 is 2.50 bits per heavy atom. The van der Waals surface area contributed by atoms with Crippen LogP contribution in [-0.2, 0) is 4.79 Å². The van der Waals surface area contributed by atoms with E-state index in [1.54, 1.807) is 53.4 Å². The number of benzene rings is 3. The van der Waals surface area contributed by atoms with Gasteiger partial charge in [-0.1, -0.05) is 54.1 Å². The summed E-state index contributed by atoms with van der Waals surface area (Å²) < 4.78 is 6.74. The fourth-order valence-corrected chi connectivity index (χ4v) is 4.77. The van der Waals surface area contributed by atoms with Crippen LogP contribution in [-0.4, -0.2) is 23.3 Å². The molecule has 2 atom stereocenters. The van der Waals surface area contributed by atoms with Gasteiger partial charge in [0.2, 0.25) is 0 Å². The van der Waals surface area contributed by atoms with Gasteiger partial charge in [-0.15, -0.1) is 0 Å². The molecule has 1 heterocycles. The Labute approximate surface area is 221 Å². The number of hydrogen-bond acceptors (Lipinski definition) is 3. The van der Waals surface area contributed by atoms with E-state index in [4.69, 9.17) is 27.9 Å². The van der Waals surface area contributed by atoms with Gasteiger partial charge in [0.1, 0.15) is 18.4 Å². The van der Waals surface area contributed by atoms with Crippen molar-refractivity contribution >= 4 is 63.3 Å². The molecule has 0 fully saturated rings. The van der Waals surface area contributed by atoms with Crippen molar-refractivity contribution in [1.82, 2.24) is 4.90 Å². The summed E-state index contributed by atoms with van der Waals surface area (Å²) in [4.78, 5) is 29.3. The Balaban J connectivity index is 1.91. The van der Waals surface area contributed by atoms with Gasteiger partial charge in [0.25, 0.3) is 11.8 Å². The predicted octanol–water partition coefficient (Wildman–Crippen LogP) is 7.06. The van der Waals surface area contributed by atoms with Crippen LogP contribution < -0.4 is 10.1 Å². The summed E-state index contributed by atoms with van der Waals surface area (Å²) >= 11 is 14.5. The average Bonchev–Trinajstić information content (AvgIpc) is 2.92. The van der Waals surface area contributed by atoms with Gasteiger partial charge in [-0.3, -0.25) is 9.59 Å². The van der Waals surface area contributed by atoms with Crippen LogP contribution >= 0.6 is 45.8 Å². The predicted molar refractivity (Wildman–Crippen MR) is 144 cm³/mol. The molecule has 5 nitrogen and oxygen atoms in total. The summed E-state index contributed by atoms with van der Waals surface area (Å²) in [5, 5.41) is 3.98. The summed E-state index contributed by atoms with van der Waals surface area (Å²) in [5.74, 6) is -0.210. The summed E-state index contributed by atoms with van der Waals surface area (Å²) in [6, 6.07) is 16.2. The van der Waals surface area contributed by atoms with Gasteiger partial charge in [-0.2, -0.15) is 0 Å². The van der Waals surface area contributed by atoms with Crippen molar-refractivity contribution in [3.63, 3.8) is 0 Å². The highest BCUT2D eigenvalue weighted by Crippen LogP contribution is 2.41. The standard InChI is InChI=1S/C26H21Cl2IN2O3/c1-3-12-34-23-13-18(28)8-10-20(23)24-25(32)30-22-11-9-19(29)14-21(22)26(33)31(24)15(2)16-4-6-17(27)7-5-16/h3-11,13-15,24H,1,12H2,2H3,(H,30,32)/t15-,24-/m1/s1. The minimum atomic E-state index is -0.972. The number of carbonyl (C=O) groups excluding carboxylic acids is 2. The molecule has 1 aliphatic heterocycles. The Morgan fingerprint density at radius 1 is 1.09 bits per heavy atom. The van der Waals surface area contributed by atoms with Gasteiger partial charge in [-0.25, -0.2) is 0 Å². The van der Waals surface area contributed by atoms with Crippen LogP contribution in [0, 0.1) is 3.57 Å². The second-order valence-electron chi connectivity index (χ2n) is 7.80. The van der Waals surface area contributed by atoms with E-state index in [1.165, 1.54) is 0 Å². The maximum Gasteiger partial charge on any atom is 0.257 e. The van der Waals surface area contributed by atoms with Crippen molar-refractivity contribution in [2.45, 2.75) is 19.0 Å². The van der Waals surface area contributed by atoms with Crippen molar-refractivity contribution in [2.24, 2.45) is 0 Å². The SMILES string of the molecule is C=CCOc1cc(Cl)ccc1[C@@H]1C(=O)Nc2ccc(I)cc2C(=O)N1[C@H](C)c1ccc(Cl)cc1. The molecule has 0 aromatic heterocycles. The van der Waals surface area contributed by atoms with E-state index in [-0.39, 0.29) is 18.4 Å². The molecule has 1 aliphatic rings. The van der Waals surface area contributed by atoms with E-state index in [1.807, 2.05) is 25.1 Å². The number of fused-ring (bicyclic) bond motifs is 1. The third-order valence-electron chi connectivity index (χ3n) is 5.63. The third-order valence-corrected chi connectivity index (χ3v) is 6.79. The molecule has 0 radical (unpaired) electrons. The third kappa shape index (κ3) is 4.94. The average molecular weight is 607 g/mol. The second-order valence-corrected chi connectivity index (χ2v) is 9.92. The largest absolute Gasteiger partial charge is 0.489 e. The van der Waals surface area contributed by atoms with Crippen LogP contribution in [0.3, 0.4) is 0 Å². The first-order chi connectivity index (χ1) is 16.3. The molecule has 0 saturated heterocycles. The highest BCUT2D eigenvalue weighted by atomic mass is 127. The number of hydrogen-bond donors (Lipinski definition) is 1. The van der Waals surface area contributed by atoms with E-state index in [9.17, 15) is 9.59 Å². The van der Waals surface area contributed by atoms with E-state index in [2.05, 4.69) is 34.5 Å². The van der Waals surface area contributed by atoms with Crippen LogP contribution in [0.2, 0.25) is 10.0 Å². The van der Waals surface area contributed by atoms with E-state index in [0.717, 1.165) is 9.13 Å². The maximum absolute atomic E-state index is 14.0. The molecule has 0 spiro atoms. The zero-order valence-corrected chi connectivity index (χ0v) is 21.9. The molecule has 3 aromatic carbocycles. The lowest BCUT2D eigenvalue weighted by Gasteiger charge is -2.35. The number of rotatable bonds is 6. The number of amides is 2. The van der Waals surface area contributed by atoms with Gasteiger partial charge in [-0.05, 0) is 77.5 Å². The van der Waals surface area contributed by atoms with Crippen LogP contribution in [0.4, 0.5) is 5.69 Å². The molecule has 2 amide bonds. The van der Waals surface area contributed by atoms with Crippen LogP contribution in [0.5, 0.6) is 5.75 Å². The van der Waals surface area contributed by atoms with E-state index < -0.39 is 12.1 Å². The summed E-state index contributed by atoms with van der Waals surface area (Å²) in [5.41, 5.74) is 2.26. The fourth-order valence-electron chi connectivity index (χ4n) is 3.99. The number of nitrogens with one attached hydrogen (secondary N) is 1. The first kappa shape index (κ1) is 24.6. The Hall–Kier alpha value is -2.55. The van der Waals surface area contributed by atoms with Crippen molar-refractivity contribution in [3.8, 4) is 5.75 Å². The first-order valence-corrected chi connectivity index (χ1v) is 12.3. The van der Waals surface area contributed by atoms with Crippen molar-refractivity contribution in [3.05, 3.63) is 104 Å². The molecular formula is C26H21Cl2IN2O3. The molecule has 3 aromatic rings. The van der Waals surface area contributed by atoms with Gasteiger partial charge < -0.3 is 15.0 Å². The summed E-state index contributed by atoms with van der Waals surface area (Å²) in [6.07, 6.45) is 1.61. The molecule has 0 aliphatic carbocycles. The minimum absolute atomic E-state index is 0.223. The number of ether oxygens (including phenoxy) is 1. The van der Waals surface area contributed by atoms with E-state index >= 15 is 0 Å². The Morgan fingerprint density at radius 2 is 1.79 bits per heavy atom. The summed E-state index contributed by atoms with van der Waals surface area (Å²) in [7, 11) is 0. The van der Waals surface area contributed by atoms with Gasteiger partial charge in [0, 0.05) is 19.2 Å². The molecule has 174 valence electrons. The van der Waals surface area contributed by atoms with Gasteiger partial charge in [0.05, 0.1) is 17.3 Å². The molecule has 8 heteroatoms. The lowest BCUT2D eigenvalue weighted by atomic mass is 9.98. The van der Waals surface area contributed by atoms with Crippen molar-refractivity contribution < 1.29 is 14.3 Å². The number of anilines is 1. The van der Waals surface area contributed by atoms with Crippen LogP contribution in [0.15, 0.2) is 73.3 Å². The van der Waals surface area contributed by atoms with Crippen molar-refractivity contribution in [1.29, 1.82) is 0 Å². The smallest absolute Gasteiger partial charge is 0.257 e. The van der Waals surface area contributed by atoms with Crippen molar-refractivity contribution in [2.75, 3.05) is 11.9 Å². The fraction of sp³-hybridized carbons (Fsp3) is 0.154. The molecule has 0 saturated carbocycles. The molecule has 34 heavy (non-hydrogen) atoms. The zero-order valence-electron chi connectivity index (χ0n) is 18.2. The monoisotopic (exact) mass is 606 g/mol. The number of nitrogens with zero attached hydrogens (tertiary/aromatic N) is 1. The Bertz CT molecular complexity index is 1260. The van der Waals surface area contributed by atoms with Gasteiger partial charge >= 0.3 is 0 Å². The number of carbonyl (C=O) groups is 2. The quantitative estimate of drug-likeness (QED) is 0.241. The van der Waals surface area contributed by atoms with Gasteiger partial charge in [0.15, 0.2) is 0 Å². The maximum atomic E-state index is 14.0. The highest BCUT2D eigenvalue weighted by molar-refractivity contribution is 14.1. The normalized spacial score (nSPS) is 16.4. The molecule has 0 bridgehead atoms. The molecular weight excluding hydrogens is 586 g/mol. The lowest BCUT2D eigenvalue weighted by Crippen LogP contribution is -2.40. The minimum Gasteiger partial charge on any atom is -0.489 e. The van der Waals surface area contributed by atoms with Crippen LogP contribution in [0.25, 0.3) is 0 Å². The van der Waals surface area contributed by atoms with Crippen LogP contribution in [0.1, 0.15) is 40.5 Å². The van der Waals surface area contributed by atoms with E-state index in [0.29, 0.717) is 32.6 Å². The highest BCUT2D eigenvalue weighted by Gasteiger charge is 2.41.